The Balaban J connectivity index is 1.46. The fourth-order valence-electron chi connectivity index (χ4n) is 3.48. The molecule has 0 saturated carbocycles. The molecule has 1 amide bonds. The summed E-state index contributed by atoms with van der Waals surface area (Å²) in [6.45, 7) is 6.38. The standard InChI is InChI=1S/C23H25N7O2S/c1-14(2)19(22-26-20(29-32-22)17-8-5-10-24-13-17)25-18(31)9-11-30-21(27-28-23(30)33)16-7-4-6-15(3)12-16/h4-8,10,12-14,19H,9,11H2,1-3H3,(H,25,31)(H,28,33). The van der Waals surface area contributed by atoms with Crippen molar-refractivity contribution in [1.82, 2.24) is 35.2 Å². The Kier molecular flexibility index (Phi) is 6.74. The van der Waals surface area contributed by atoms with Gasteiger partial charge in [-0.25, -0.2) is 0 Å². The smallest absolute Gasteiger partial charge is 0.249 e. The van der Waals surface area contributed by atoms with Crippen LogP contribution < -0.4 is 5.32 Å². The molecule has 10 heteroatoms. The molecule has 3 heterocycles. The number of aromatic nitrogens is 6. The van der Waals surface area contributed by atoms with E-state index in [1.54, 1.807) is 18.5 Å². The number of carbonyl (C=O) groups excluding carboxylic acids is 1. The molecule has 4 aromatic rings. The summed E-state index contributed by atoms with van der Waals surface area (Å²) in [6, 6.07) is 11.2. The van der Waals surface area contributed by atoms with Gasteiger partial charge in [0.15, 0.2) is 10.6 Å². The summed E-state index contributed by atoms with van der Waals surface area (Å²) < 4.78 is 7.77. The summed E-state index contributed by atoms with van der Waals surface area (Å²) in [5.74, 6) is 1.40. The molecule has 9 nitrogen and oxygen atoms in total. The molecule has 4 rings (SSSR count). The average Bonchev–Trinajstić information content (AvgIpc) is 3.43. The van der Waals surface area contributed by atoms with Crippen molar-refractivity contribution in [3.05, 3.63) is 65.0 Å². The monoisotopic (exact) mass is 463 g/mol. The number of amides is 1. The number of benzene rings is 1. The third kappa shape index (κ3) is 5.23. The van der Waals surface area contributed by atoms with Crippen LogP contribution in [0.2, 0.25) is 0 Å². The zero-order valence-corrected chi connectivity index (χ0v) is 19.5. The Labute approximate surface area is 196 Å². The van der Waals surface area contributed by atoms with E-state index in [4.69, 9.17) is 16.7 Å². The molecule has 0 spiro atoms. The highest BCUT2D eigenvalue weighted by atomic mass is 32.1. The molecule has 0 aliphatic rings. The van der Waals surface area contributed by atoms with Crippen molar-refractivity contribution in [2.75, 3.05) is 0 Å². The predicted octanol–water partition coefficient (Wildman–Crippen LogP) is 4.26. The summed E-state index contributed by atoms with van der Waals surface area (Å²) in [7, 11) is 0. The Hall–Kier alpha value is -3.66. The molecule has 1 atom stereocenters. The van der Waals surface area contributed by atoms with Crippen LogP contribution in [0.4, 0.5) is 0 Å². The fraction of sp³-hybridized carbons (Fsp3) is 0.304. The lowest BCUT2D eigenvalue weighted by Crippen LogP contribution is -2.32. The summed E-state index contributed by atoms with van der Waals surface area (Å²) in [4.78, 5) is 21.4. The number of rotatable bonds is 8. The van der Waals surface area contributed by atoms with Gasteiger partial charge in [-0.2, -0.15) is 10.1 Å². The van der Waals surface area contributed by atoms with Gasteiger partial charge in [0.05, 0.1) is 0 Å². The molecule has 0 radical (unpaired) electrons. The second kappa shape index (κ2) is 9.86. The average molecular weight is 464 g/mol. The Morgan fingerprint density at radius 2 is 2.06 bits per heavy atom. The maximum absolute atomic E-state index is 12.8. The molecule has 170 valence electrons. The van der Waals surface area contributed by atoms with E-state index >= 15 is 0 Å². The number of aryl methyl sites for hydroxylation is 1. The van der Waals surface area contributed by atoms with E-state index in [9.17, 15) is 4.79 Å². The van der Waals surface area contributed by atoms with Crippen molar-refractivity contribution in [2.24, 2.45) is 5.92 Å². The predicted molar refractivity (Wildman–Crippen MR) is 125 cm³/mol. The number of nitrogens with zero attached hydrogens (tertiary/aromatic N) is 5. The lowest BCUT2D eigenvalue weighted by Gasteiger charge is -2.18. The Morgan fingerprint density at radius 3 is 2.79 bits per heavy atom. The van der Waals surface area contributed by atoms with Gasteiger partial charge in [0.1, 0.15) is 6.04 Å². The molecule has 0 saturated heterocycles. The molecule has 0 bridgehead atoms. The van der Waals surface area contributed by atoms with Crippen molar-refractivity contribution in [3.63, 3.8) is 0 Å². The molecule has 0 aliphatic carbocycles. The summed E-state index contributed by atoms with van der Waals surface area (Å²) in [5.41, 5.74) is 2.81. The number of carbonyl (C=O) groups is 1. The van der Waals surface area contributed by atoms with E-state index in [2.05, 4.69) is 30.6 Å². The van der Waals surface area contributed by atoms with Gasteiger partial charge in [0, 0.05) is 36.5 Å². The summed E-state index contributed by atoms with van der Waals surface area (Å²) >= 11 is 5.39. The van der Waals surface area contributed by atoms with Gasteiger partial charge in [-0.15, -0.1) is 0 Å². The molecule has 2 N–H and O–H groups in total. The summed E-state index contributed by atoms with van der Waals surface area (Å²) in [5, 5.41) is 14.2. The van der Waals surface area contributed by atoms with Gasteiger partial charge in [-0.05, 0) is 43.3 Å². The number of hydrogen-bond donors (Lipinski definition) is 2. The largest absolute Gasteiger partial charge is 0.344 e. The molecule has 0 aliphatic heterocycles. The zero-order chi connectivity index (χ0) is 23.4. The topological polar surface area (TPSA) is 115 Å². The van der Waals surface area contributed by atoms with Gasteiger partial charge in [-0.3, -0.25) is 19.4 Å². The van der Waals surface area contributed by atoms with Crippen molar-refractivity contribution < 1.29 is 9.32 Å². The third-order valence-corrected chi connectivity index (χ3v) is 5.52. The Bertz CT molecular complexity index is 1290. The number of pyridine rings is 1. The lowest BCUT2D eigenvalue weighted by molar-refractivity contribution is -0.122. The van der Waals surface area contributed by atoms with Crippen molar-refractivity contribution in [2.45, 2.75) is 39.8 Å². The molecule has 33 heavy (non-hydrogen) atoms. The first-order valence-electron chi connectivity index (χ1n) is 10.7. The molecule has 1 unspecified atom stereocenters. The van der Waals surface area contributed by atoms with Crippen LogP contribution in [0.5, 0.6) is 0 Å². The highest BCUT2D eigenvalue weighted by molar-refractivity contribution is 7.71. The quantitative estimate of drug-likeness (QED) is 0.375. The minimum Gasteiger partial charge on any atom is -0.344 e. The second-order valence-corrected chi connectivity index (χ2v) is 8.50. The van der Waals surface area contributed by atoms with E-state index in [1.165, 1.54) is 0 Å². The maximum Gasteiger partial charge on any atom is 0.249 e. The summed E-state index contributed by atoms with van der Waals surface area (Å²) in [6.07, 6.45) is 3.57. The highest BCUT2D eigenvalue weighted by Crippen LogP contribution is 2.24. The van der Waals surface area contributed by atoms with E-state index in [-0.39, 0.29) is 18.2 Å². The number of nitrogens with one attached hydrogen (secondary N) is 2. The van der Waals surface area contributed by atoms with Gasteiger partial charge in [0.2, 0.25) is 17.6 Å². The van der Waals surface area contributed by atoms with Crippen LogP contribution in [0.15, 0.2) is 53.3 Å². The van der Waals surface area contributed by atoms with Gasteiger partial charge in [0.25, 0.3) is 0 Å². The SMILES string of the molecule is Cc1cccc(-c2n[nH]c(=S)n2CCC(=O)NC(c2nc(-c3cccnc3)no2)C(C)C)c1. The maximum atomic E-state index is 12.8. The van der Waals surface area contributed by atoms with Crippen LogP contribution in [-0.4, -0.2) is 35.8 Å². The normalized spacial score (nSPS) is 12.1. The zero-order valence-electron chi connectivity index (χ0n) is 18.6. The van der Waals surface area contributed by atoms with Crippen molar-refractivity contribution in [3.8, 4) is 22.8 Å². The molecule has 1 aromatic carbocycles. The first-order valence-corrected chi connectivity index (χ1v) is 11.1. The highest BCUT2D eigenvalue weighted by Gasteiger charge is 2.25. The minimum absolute atomic E-state index is 0.0510. The van der Waals surface area contributed by atoms with Crippen molar-refractivity contribution >= 4 is 18.1 Å². The number of hydrogen-bond acceptors (Lipinski definition) is 7. The van der Waals surface area contributed by atoms with E-state index in [0.717, 1.165) is 16.7 Å². The number of H-pyrrole nitrogens is 1. The molecule has 3 aromatic heterocycles. The van der Waals surface area contributed by atoms with Gasteiger partial charge < -0.3 is 9.84 Å². The van der Waals surface area contributed by atoms with Crippen LogP contribution in [0, 0.1) is 17.6 Å². The first-order chi connectivity index (χ1) is 15.9. The van der Waals surface area contributed by atoms with Crippen LogP contribution in [0.3, 0.4) is 0 Å². The second-order valence-electron chi connectivity index (χ2n) is 8.11. The first kappa shape index (κ1) is 22.5. The fourth-order valence-corrected chi connectivity index (χ4v) is 3.70. The van der Waals surface area contributed by atoms with Gasteiger partial charge in [-0.1, -0.05) is 42.8 Å². The molecule has 0 fully saturated rings. The Morgan fingerprint density at radius 1 is 1.24 bits per heavy atom. The van der Waals surface area contributed by atoms with Crippen LogP contribution >= 0.6 is 12.2 Å². The minimum atomic E-state index is -0.413. The van der Waals surface area contributed by atoms with Crippen LogP contribution in [-0.2, 0) is 11.3 Å². The van der Waals surface area contributed by atoms with Crippen LogP contribution in [0.1, 0.15) is 37.8 Å². The van der Waals surface area contributed by atoms with E-state index in [1.807, 2.05) is 55.7 Å². The molecular formula is C23H25N7O2S. The van der Waals surface area contributed by atoms with E-state index in [0.29, 0.717) is 28.9 Å². The number of aromatic amines is 1. The molecular weight excluding hydrogens is 438 g/mol. The third-order valence-electron chi connectivity index (χ3n) is 5.21. The van der Waals surface area contributed by atoms with Crippen molar-refractivity contribution in [1.29, 1.82) is 0 Å². The van der Waals surface area contributed by atoms with Crippen LogP contribution in [0.25, 0.3) is 22.8 Å². The lowest BCUT2D eigenvalue weighted by atomic mass is 10.0. The van der Waals surface area contributed by atoms with Gasteiger partial charge >= 0.3 is 0 Å². The van der Waals surface area contributed by atoms with E-state index < -0.39 is 6.04 Å².